The van der Waals surface area contributed by atoms with Crippen molar-refractivity contribution in [2.75, 3.05) is 0 Å². The summed E-state index contributed by atoms with van der Waals surface area (Å²) < 4.78 is 0. The average Bonchev–Trinajstić information content (AvgIpc) is 0. The van der Waals surface area contributed by atoms with E-state index >= 15 is 0 Å². The number of rotatable bonds is 0. The van der Waals surface area contributed by atoms with Crippen LogP contribution in [-0.4, -0.2) is 34.7 Å². The standard InChI is InChI=1S/2Al.ClH.Na.H2.3H/h;;1H;;1H;;;/q;+3;;+1;;;;. The van der Waals surface area contributed by atoms with Crippen molar-refractivity contribution in [3.8, 4) is 0 Å². The van der Waals surface area contributed by atoms with Crippen LogP contribution in [0.15, 0.2) is 0 Å². The minimum Gasteiger partial charge on any atom is -0.147 e. The number of hydrogen-bond acceptors (Lipinski definition) is 0. The fourth-order valence-corrected chi connectivity index (χ4v) is 0. The van der Waals surface area contributed by atoms with Gasteiger partial charge < -0.3 is 0 Å². The second kappa shape index (κ2) is 18.3. The summed E-state index contributed by atoms with van der Waals surface area (Å²) >= 11 is 0. The molecule has 0 aliphatic rings. The Morgan fingerprint density at radius 1 is 1.25 bits per heavy atom. The minimum absolute atomic E-state index is 0. The molecular weight excluding hydrogens is 112 g/mol. The first kappa shape index (κ1) is 32.9. The summed E-state index contributed by atoms with van der Waals surface area (Å²) in [5.74, 6) is 0. The molecule has 0 N–H and O–H groups in total. The summed E-state index contributed by atoms with van der Waals surface area (Å²) in [5, 5.41) is 0. The molecule has 0 aromatic heterocycles. The Kier molecular flexibility index (Phi) is 150. The molecule has 0 atom stereocenters. The van der Waals surface area contributed by atoms with E-state index in [0.717, 1.165) is 0 Å². The average molecular weight is 118 g/mol. The molecule has 4 heavy (non-hydrogen) atoms. The zero-order valence-electron chi connectivity index (χ0n) is 1.99. The molecular formula is H6Al2ClNa+4. The zero-order chi connectivity index (χ0) is 0. The van der Waals surface area contributed by atoms with E-state index in [0.29, 0.717) is 0 Å². The van der Waals surface area contributed by atoms with E-state index in [9.17, 15) is 0 Å². The Labute approximate surface area is 77.2 Å². The first-order valence-corrected chi connectivity index (χ1v) is 0. The smallest absolute Gasteiger partial charge is 0.147 e. The second-order valence-corrected chi connectivity index (χ2v) is 0. The number of halogens is 1. The summed E-state index contributed by atoms with van der Waals surface area (Å²) in [4.78, 5) is 0. The van der Waals surface area contributed by atoms with E-state index in [1.165, 1.54) is 0 Å². The maximum Gasteiger partial charge on any atom is 3.00 e. The zero-order valence-corrected chi connectivity index (χ0v) is 5.96. The monoisotopic (exact) mass is 118 g/mol. The minimum atomic E-state index is 0. The van der Waals surface area contributed by atoms with Crippen LogP contribution in [0.5, 0.6) is 0 Å². The molecule has 0 heterocycles. The molecule has 0 saturated carbocycles. The van der Waals surface area contributed by atoms with Gasteiger partial charge >= 0.3 is 46.9 Å². The summed E-state index contributed by atoms with van der Waals surface area (Å²) in [6, 6.07) is 0. The maximum absolute atomic E-state index is 0. The second-order valence-electron chi connectivity index (χ2n) is 0. The maximum atomic E-state index is 0. The molecule has 0 aliphatic heterocycles. The molecule has 0 nitrogen and oxygen atoms in total. The van der Waals surface area contributed by atoms with E-state index in [2.05, 4.69) is 0 Å². The van der Waals surface area contributed by atoms with Gasteiger partial charge in [-0.15, -0.1) is 12.4 Å². The summed E-state index contributed by atoms with van der Waals surface area (Å²) in [6.45, 7) is 0. The van der Waals surface area contributed by atoms with E-state index in [-0.39, 0.29) is 78.1 Å². The predicted octanol–water partition coefficient (Wildman–Crippen LogP) is -3.89. The van der Waals surface area contributed by atoms with Crippen molar-refractivity contribution in [1.82, 2.24) is 0 Å². The first-order valence-electron chi connectivity index (χ1n) is 0. The molecule has 0 unspecified atom stereocenters. The third kappa shape index (κ3) is 8.84. The van der Waals surface area contributed by atoms with Crippen LogP contribution in [0, 0.1) is 0 Å². The van der Waals surface area contributed by atoms with Gasteiger partial charge in [0.15, 0.2) is 17.4 Å². The van der Waals surface area contributed by atoms with Crippen LogP contribution >= 0.6 is 12.4 Å². The number of hydrogen-bond donors (Lipinski definition) is 0. The molecule has 0 bridgehead atoms. The van der Waals surface area contributed by atoms with Crippen LogP contribution in [-0.2, 0) is 0 Å². The van der Waals surface area contributed by atoms with Gasteiger partial charge in [-0.3, -0.25) is 0 Å². The van der Waals surface area contributed by atoms with Gasteiger partial charge in [-0.05, 0) is 0 Å². The van der Waals surface area contributed by atoms with Crippen LogP contribution in [0.2, 0.25) is 0 Å². The Morgan fingerprint density at radius 3 is 1.25 bits per heavy atom. The van der Waals surface area contributed by atoms with E-state index in [1.54, 1.807) is 0 Å². The van der Waals surface area contributed by atoms with Crippen molar-refractivity contribution in [3.05, 3.63) is 0 Å². The Hall–Kier alpha value is 2.35. The normalized spacial score (nSPS) is 0. The van der Waals surface area contributed by atoms with E-state index in [4.69, 9.17) is 0 Å². The van der Waals surface area contributed by atoms with Gasteiger partial charge in [-0.1, -0.05) is 0 Å². The van der Waals surface area contributed by atoms with E-state index in [1.807, 2.05) is 0 Å². The van der Waals surface area contributed by atoms with Gasteiger partial charge in [0.1, 0.15) is 0 Å². The SMILES string of the molecule is Cl.[Al+3].[AlH3].[HH].[Na+]. The van der Waals surface area contributed by atoms with Crippen molar-refractivity contribution >= 4 is 47.1 Å². The van der Waals surface area contributed by atoms with E-state index < -0.39 is 0 Å². The van der Waals surface area contributed by atoms with Crippen molar-refractivity contribution < 1.29 is 31.0 Å². The fraction of sp³-hybridized carbons (Fsp3) is 0. The molecule has 4 heteroatoms. The van der Waals surface area contributed by atoms with Crippen LogP contribution in [0.3, 0.4) is 0 Å². The Bertz CT molecular complexity index is 9.61. The molecule has 0 fully saturated rings. The van der Waals surface area contributed by atoms with Gasteiger partial charge in [-0.25, -0.2) is 0 Å². The van der Waals surface area contributed by atoms with Gasteiger partial charge in [-0.2, -0.15) is 0 Å². The molecule has 16 valence electrons. The summed E-state index contributed by atoms with van der Waals surface area (Å²) in [5.41, 5.74) is 0. The van der Waals surface area contributed by atoms with Crippen LogP contribution in [0.25, 0.3) is 0 Å². The molecule has 0 spiro atoms. The quantitative estimate of drug-likeness (QED) is 0.286. The van der Waals surface area contributed by atoms with Crippen LogP contribution in [0.4, 0.5) is 0 Å². The Balaban J connectivity index is 0. The summed E-state index contributed by atoms with van der Waals surface area (Å²) in [6.07, 6.45) is 0. The van der Waals surface area contributed by atoms with Crippen molar-refractivity contribution in [3.63, 3.8) is 0 Å². The van der Waals surface area contributed by atoms with Crippen LogP contribution < -0.4 is 29.6 Å². The molecule has 0 amide bonds. The van der Waals surface area contributed by atoms with Crippen LogP contribution in [0.1, 0.15) is 1.43 Å². The molecule has 0 aromatic rings. The predicted molar refractivity (Wildman–Crippen MR) is 25.1 cm³/mol. The molecule has 0 rings (SSSR count). The molecule has 0 saturated heterocycles. The molecule has 0 aromatic carbocycles. The topological polar surface area (TPSA) is 0 Å². The van der Waals surface area contributed by atoms with Gasteiger partial charge in [0.25, 0.3) is 0 Å². The first-order chi connectivity index (χ1) is 0. The largest absolute Gasteiger partial charge is 3.00 e. The van der Waals surface area contributed by atoms with Crippen molar-refractivity contribution in [2.24, 2.45) is 0 Å². The third-order valence-corrected chi connectivity index (χ3v) is 0. The van der Waals surface area contributed by atoms with Crippen molar-refractivity contribution in [1.29, 1.82) is 0 Å². The third-order valence-electron chi connectivity index (χ3n) is 0. The Morgan fingerprint density at radius 2 is 1.25 bits per heavy atom. The fourth-order valence-electron chi connectivity index (χ4n) is 0. The van der Waals surface area contributed by atoms with Crippen molar-refractivity contribution in [2.45, 2.75) is 0 Å². The summed E-state index contributed by atoms with van der Waals surface area (Å²) in [7, 11) is 0. The van der Waals surface area contributed by atoms with Gasteiger partial charge in [0, 0.05) is 1.43 Å². The molecule has 0 radical (unpaired) electrons. The van der Waals surface area contributed by atoms with Gasteiger partial charge in [0.05, 0.1) is 0 Å². The van der Waals surface area contributed by atoms with Gasteiger partial charge in [0.2, 0.25) is 0 Å². The molecule has 0 aliphatic carbocycles.